The van der Waals surface area contributed by atoms with Crippen molar-refractivity contribution >= 4 is 0 Å². The normalized spacial score (nSPS) is 13.0. The Labute approximate surface area is 283 Å². The van der Waals surface area contributed by atoms with Crippen LogP contribution in [0.2, 0.25) is 0 Å². The summed E-state index contributed by atoms with van der Waals surface area (Å²) in [6.45, 7) is 11.2. The Kier molecular flexibility index (Phi) is 39.8. The van der Waals surface area contributed by atoms with Gasteiger partial charge in [0.1, 0.15) is 0 Å². The third-order valence-electron chi connectivity index (χ3n) is 8.32. The second kappa shape index (κ2) is 40.9. The summed E-state index contributed by atoms with van der Waals surface area (Å²) in [6, 6.07) is 0. The standard InChI is InChI=1S/C42H79NO2/c1-4-7-10-12-14-16-18-20-22-24-25-27-29-31-33-35-38-44-41-42(40-43-37-9-6-3)45-39-36-34-32-30-28-26-23-21-19-17-15-13-11-8-5-2/h14-17,20-23,42-43H,4-13,18-19,24-41H2,1-3H3/b16-14-,17-15-,22-20-,23-21-. The maximum absolute atomic E-state index is 6.25. The minimum Gasteiger partial charge on any atom is -0.379 e. The fourth-order valence-corrected chi connectivity index (χ4v) is 5.30. The molecule has 0 heterocycles. The van der Waals surface area contributed by atoms with E-state index in [2.05, 4.69) is 74.7 Å². The van der Waals surface area contributed by atoms with Crippen LogP contribution in [-0.4, -0.2) is 39.0 Å². The van der Waals surface area contributed by atoms with Crippen LogP contribution in [0.3, 0.4) is 0 Å². The van der Waals surface area contributed by atoms with Crippen molar-refractivity contribution < 1.29 is 9.47 Å². The molecule has 0 fully saturated rings. The Morgan fingerprint density at radius 3 is 1.36 bits per heavy atom. The van der Waals surface area contributed by atoms with Crippen molar-refractivity contribution in [3.05, 3.63) is 48.6 Å². The molecule has 0 aromatic carbocycles. The number of hydrogen-bond acceptors (Lipinski definition) is 3. The highest BCUT2D eigenvalue weighted by Crippen LogP contribution is 2.10. The minimum atomic E-state index is 0.178. The molecule has 0 amide bonds. The smallest absolute Gasteiger partial charge is 0.0932 e. The summed E-state index contributed by atoms with van der Waals surface area (Å²) in [6.07, 6.45) is 50.7. The first kappa shape index (κ1) is 43.8. The van der Waals surface area contributed by atoms with Gasteiger partial charge in [-0.05, 0) is 90.0 Å². The van der Waals surface area contributed by atoms with Gasteiger partial charge < -0.3 is 14.8 Å². The van der Waals surface area contributed by atoms with Gasteiger partial charge in [0.15, 0.2) is 0 Å². The number of nitrogens with one attached hydrogen (secondary N) is 1. The molecule has 0 radical (unpaired) electrons. The van der Waals surface area contributed by atoms with Crippen LogP contribution in [0.15, 0.2) is 48.6 Å². The number of unbranched alkanes of at least 4 members (excludes halogenated alkanes) is 18. The predicted octanol–water partition coefficient (Wildman–Crippen LogP) is 13.0. The lowest BCUT2D eigenvalue weighted by Gasteiger charge is -2.19. The second-order valence-corrected chi connectivity index (χ2v) is 12.9. The highest BCUT2D eigenvalue weighted by atomic mass is 16.5. The molecule has 1 atom stereocenters. The molecule has 264 valence electrons. The lowest BCUT2D eigenvalue weighted by Crippen LogP contribution is -2.34. The molecule has 3 heteroatoms. The van der Waals surface area contributed by atoms with E-state index in [1.54, 1.807) is 0 Å². The molecule has 0 bridgehead atoms. The molecule has 3 nitrogen and oxygen atoms in total. The average molecular weight is 630 g/mol. The van der Waals surface area contributed by atoms with Gasteiger partial charge in [-0.15, -0.1) is 0 Å². The Bertz CT molecular complexity index is 653. The fraction of sp³-hybridized carbons (Fsp3) is 0.810. The zero-order valence-corrected chi connectivity index (χ0v) is 30.7. The highest BCUT2D eigenvalue weighted by molar-refractivity contribution is 4.93. The van der Waals surface area contributed by atoms with Crippen molar-refractivity contribution in [2.45, 2.75) is 187 Å². The zero-order chi connectivity index (χ0) is 32.6. The Balaban J connectivity index is 3.73. The van der Waals surface area contributed by atoms with E-state index in [4.69, 9.17) is 9.47 Å². The van der Waals surface area contributed by atoms with E-state index < -0.39 is 0 Å². The monoisotopic (exact) mass is 630 g/mol. The van der Waals surface area contributed by atoms with Crippen LogP contribution < -0.4 is 5.32 Å². The molecule has 0 aromatic heterocycles. The van der Waals surface area contributed by atoms with Gasteiger partial charge in [0.25, 0.3) is 0 Å². The van der Waals surface area contributed by atoms with Crippen molar-refractivity contribution in [3.63, 3.8) is 0 Å². The van der Waals surface area contributed by atoms with E-state index in [0.29, 0.717) is 0 Å². The summed E-state index contributed by atoms with van der Waals surface area (Å²) in [7, 11) is 0. The van der Waals surface area contributed by atoms with Crippen LogP contribution in [0.1, 0.15) is 181 Å². The Morgan fingerprint density at radius 2 is 0.867 bits per heavy atom. The highest BCUT2D eigenvalue weighted by Gasteiger charge is 2.09. The third-order valence-corrected chi connectivity index (χ3v) is 8.32. The Hall–Kier alpha value is -1.16. The van der Waals surface area contributed by atoms with E-state index in [9.17, 15) is 0 Å². The SMILES string of the molecule is CCCCC/C=C\C/C=C\CCCCCCCCOCC(CNCCCC)OCCCCCCC/C=C\C/C=C\CCCCC. The summed E-state index contributed by atoms with van der Waals surface area (Å²) < 4.78 is 12.3. The number of hydrogen-bond donors (Lipinski definition) is 1. The van der Waals surface area contributed by atoms with Crippen molar-refractivity contribution in [2.75, 3.05) is 32.9 Å². The summed E-state index contributed by atoms with van der Waals surface area (Å²) in [5.41, 5.74) is 0. The van der Waals surface area contributed by atoms with Gasteiger partial charge in [-0.1, -0.05) is 146 Å². The van der Waals surface area contributed by atoms with E-state index in [-0.39, 0.29) is 6.10 Å². The van der Waals surface area contributed by atoms with Crippen LogP contribution in [-0.2, 0) is 9.47 Å². The quantitative estimate of drug-likeness (QED) is 0.0548. The van der Waals surface area contributed by atoms with Crippen molar-refractivity contribution in [3.8, 4) is 0 Å². The summed E-state index contributed by atoms with van der Waals surface area (Å²) in [5.74, 6) is 0. The molecule has 0 aliphatic carbocycles. The Morgan fingerprint density at radius 1 is 0.444 bits per heavy atom. The maximum atomic E-state index is 6.25. The molecule has 1 N–H and O–H groups in total. The number of ether oxygens (including phenoxy) is 2. The molecule has 0 saturated carbocycles. The molecule has 0 saturated heterocycles. The largest absolute Gasteiger partial charge is 0.379 e. The average Bonchev–Trinajstić information content (AvgIpc) is 3.05. The second-order valence-electron chi connectivity index (χ2n) is 12.9. The van der Waals surface area contributed by atoms with Gasteiger partial charge in [-0.3, -0.25) is 0 Å². The molecule has 0 spiro atoms. The summed E-state index contributed by atoms with van der Waals surface area (Å²) in [4.78, 5) is 0. The molecule has 1 unspecified atom stereocenters. The first-order valence-electron chi connectivity index (χ1n) is 19.8. The maximum Gasteiger partial charge on any atom is 0.0932 e. The molecular formula is C42H79NO2. The van der Waals surface area contributed by atoms with Gasteiger partial charge in [-0.2, -0.15) is 0 Å². The van der Waals surface area contributed by atoms with Gasteiger partial charge in [-0.25, -0.2) is 0 Å². The van der Waals surface area contributed by atoms with Crippen molar-refractivity contribution in [1.29, 1.82) is 0 Å². The van der Waals surface area contributed by atoms with E-state index >= 15 is 0 Å². The first-order valence-corrected chi connectivity index (χ1v) is 19.8. The van der Waals surface area contributed by atoms with Crippen LogP contribution in [0, 0.1) is 0 Å². The van der Waals surface area contributed by atoms with Crippen molar-refractivity contribution in [1.82, 2.24) is 5.32 Å². The molecule has 45 heavy (non-hydrogen) atoms. The molecule has 0 rings (SSSR count). The van der Waals surface area contributed by atoms with Crippen LogP contribution in [0.5, 0.6) is 0 Å². The minimum absolute atomic E-state index is 0.178. The van der Waals surface area contributed by atoms with E-state index in [1.807, 2.05) is 0 Å². The van der Waals surface area contributed by atoms with Gasteiger partial charge in [0.2, 0.25) is 0 Å². The third kappa shape index (κ3) is 38.9. The molecular weight excluding hydrogens is 550 g/mol. The van der Waals surface area contributed by atoms with Crippen LogP contribution in [0.4, 0.5) is 0 Å². The molecule has 0 aromatic rings. The summed E-state index contributed by atoms with van der Waals surface area (Å²) in [5, 5.41) is 3.58. The number of allylic oxidation sites excluding steroid dienone is 8. The lowest BCUT2D eigenvalue weighted by molar-refractivity contribution is -0.0175. The topological polar surface area (TPSA) is 30.5 Å². The lowest BCUT2D eigenvalue weighted by atomic mass is 10.1. The molecule has 0 aliphatic rings. The van der Waals surface area contributed by atoms with Crippen LogP contribution in [0.25, 0.3) is 0 Å². The first-order chi connectivity index (χ1) is 22.3. The molecule has 0 aliphatic heterocycles. The van der Waals surface area contributed by atoms with Gasteiger partial charge in [0.05, 0.1) is 12.7 Å². The van der Waals surface area contributed by atoms with Gasteiger partial charge >= 0.3 is 0 Å². The van der Waals surface area contributed by atoms with Crippen molar-refractivity contribution in [2.24, 2.45) is 0 Å². The fourth-order valence-electron chi connectivity index (χ4n) is 5.30. The van der Waals surface area contributed by atoms with Gasteiger partial charge in [0, 0.05) is 19.8 Å². The van der Waals surface area contributed by atoms with E-state index in [0.717, 1.165) is 52.2 Å². The van der Waals surface area contributed by atoms with E-state index in [1.165, 1.54) is 141 Å². The summed E-state index contributed by atoms with van der Waals surface area (Å²) >= 11 is 0. The van der Waals surface area contributed by atoms with Crippen LogP contribution >= 0.6 is 0 Å². The predicted molar refractivity (Wildman–Crippen MR) is 202 cm³/mol. The zero-order valence-electron chi connectivity index (χ0n) is 30.7. The number of rotatable bonds is 37.